The molecule has 11 heavy (non-hydrogen) atoms. The minimum atomic E-state index is -0.555. The van der Waals surface area contributed by atoms with Gasteiger partial charge in [0.15, 0.2) is 0 Å². The Hall–Kier alpha value is -1.32. The molecule has 0 rings (SSSR count). The smallest absolute Gasteiger partial charge is 0.266 e. The third-order valence-electron chi connectivity index (χ3n) is 0.904. The molecule has 0 spiro atoms. The monoisotopic (exact) mass is 157 g/mol. The normalized spacial score (nSPS) is 12.8. The Kier molecular flexibility index (Phi) is 3.95. The van der Waals surface area contributed by atoms with Crippen molar-refractivity contribution in [3.8, 4) is 0 Å². The molecule has 0 saturated heterocycles. The lowest BCUT2D eigenvalue weighted by atomic mass is 10.3. The number of carbonyl (C=O) groups is 1. The van der Waals surface area contributed by atoms with E-state index in [-0.39, 0.29) is 13.2 Å². The van der Waals surface area contributed by atoms with Crippen molar-refractivity contribution in [3.05, 3.63) is 12.3 Å². The maximum Gasteiger partial charge on any atom is 0.266 e. The highest BCUT2D eigenvalue weighted by Gasteiger charge is 2.01. The van der Waals surface area contributed by atoms with Crippen molar-refractivity contribution in [3.63, 3.8) is 0 Å². The molecule has 0 aliphatic heterocycles. The van der Waals surface area contributed by atoms with Crippen LogP contribution in [0.25, 0.3) is 0 Å². The number of amides is 1. The van der Waals surface area contributed by atoms with Gasteiger partial charge in [-0.25, -0.2) is 0 Å². The van der Waals surface area contributed by atoms with Crippen LogP contribution in [-0.4, -0.2) is 17.7 Å². The summed E-state index contributed by atoms with van der Waals surface area (Å²) in [6, 6.07) is 0.0497. The molecule has 0 radical (unpaired) electrons. The Labute approximate surface area is 67.5 Å². The van der Waals surface area contributed by atoms with Gasteiger partial charge in [-0.3, -0.25) is 9.79 Å². The molecule has 0 bridgehead atoms. The second kappa shape index (κ2) is 4.49. The summed E-state index contributed by atoms with van der Waals surface area (Å²) >= 11 is 0. The minimum absolute atomic E-state index is 0. The second-order valence-corrected chi connectivity index (χ2v) is 2.33. The number of rotatable bonds is 3. The largest absolute Gasteiger partial charge is 0.405 e. The minimum Gasteiger partial charge on any atom is -0.405 e. The van der Waals surface area contributed by atoms with E-state index in [0.29, 0.717) is 0 Å². The summed E-state index contributed by atoms with van der Waals surface area (Å²) in [6.07, 6.45) is 2.63. The summed E-state index contributed by atoms with van der Waals surface area (Å²) in [5, 5.41) is 0. The Morgan fingerprint density at radius 2 is 2.18 bits per heavy atom. The summed E-state index contributed by atoms with van der Waals surface area (Å²) in [6.45, 7) is 3.71. The highest BCUT2D eigenvalue weighted by molar-refractivity contribution is 6.42. The molecule has 0 saturated carbocycles. The molecule has 1 amide bonds. The van der Waals surface area contributed by atoms with E-state index < -0.39 is 5.91 Å². The molecule has 0 atom stereocenters. The van der Waals surface area contributed by atoms with Gasteiger partial charge in [-0.05, 0) is 26.1 Å². The van der Waals surface area contributed by atoms with Crippen molar-refractivity contribution in [2.24, 2.45) is 16.5 Å². The van der Waals surface area contributed by atoms with Crippen LogP contribution in [-0.2, 0) is 4.79 Å². The quantitative estimate of drug-likeness (QED) is 0.567. The lowest BCUT2D eigenvalue weighted by Gasteiger charge is -1.98. The van der Waals surface area contributed by atoms with E-state index >= 15 is 0 Å². The summed E-state index contributed by atoms with van der Waals surface area (Å²) in [4.78, 5) is 14.6. The first-order chi connectivity index (χ1) is 5.07. The van der Waals surface area contributed by atoms with Crippen molar-refractivity contribution >= 4 is 11.6 Å². The fraction of sp³-hybridized carbons (Fsp3) is 0.429. The molecule has 0 unspecified atom stereocenters. The average Bonchev–Trinajstić information content (AvgIpc) is 1.86. The van der Waals surface area contributed by atoms with Crippen LogP contribution < -0.4 is 11.5 Å². The van der Waals surface area contributed by atoms with Crippen molar-refractivity contribution < 1.29 is 6.22 Å². The fourth-order valence-corrected chi connectivity index (χ4v) is 0.558. The Balaban J connectivity index is 0. The first-order valence-electron chi connectivity index (χ1n) is 3.33. The number of carbonyl (C=O) groups excluding carboxylic acids is 1. The molecule has 0 aromatic heterocycles. The lowest BCUT2D eigenvalue weighted by Crippen LogP contribution is -2.22. The van der Waals surface area contributed by atoms with Gasteiger partial charge in [0.2, 0.25) is 0 Å². The standard InChI is InChI=1S/C7H13N3O.H2/c1-5(2)10-6(3-4-8)7(9)11;/h3-5H,8H2,1-2H3,(H2,9,11);1H/b4-3-,10-6?;. The van der Waals surface area contributed by atoms with Gasteiger partial charge in [0, 0.05) is 7.47 Å². The summed E-state index contributed by atoms with van der Waals surface area (Å²) in [7, 11) is 0. The van der Waals surface area contributed by atoms with E-state index in [4.69, 9.17) is 11.5 Å². The predicted molar refractivity (Wildman–Crippen MR) is 47.2 cm³/mol. The van der Waals surface area contributed by atoms with Crippen LogP contribution in [0.4, 0.5) is 0 Å². The molecule has 0 fully saturated rings. The number of hydrogen-bond donors (Lipinski definition) is 2. The topological polar surface area (TPSA) is 81.5 Å². The Bertz CT molecular complexity index is 199. The van der Waals surface area contributed by atoms with Gasteiger partial charge in [0.05, 0.1) is 0 Å². The average molecular weight is 157 g/mol. The molecule has 0 aliphatic carbocycles. The Morgan fingerprint density at radius 3 is 2.45 bits per heavy atom. The van der Waals surface area contributed by atoms with Gasteiger partial charge < -0.3 is 11.5 Å². The molecule has 0 heterocycles. The van der Waals surface area contributed by atoms with Crippen LogP contribution in [0, 0.1) is 0 Å². The molecule has 4 N–H and O–H groups in total. The van der Waals surface area contributed by atoms with E-state index in [9.17, 15) is 4.79 Å². The van der Waals surface area contributed by atoms with Gasteiger partial charge in [-0.1, -0.05) is 0 Å². The summed E-state index contributed by atoms with van der Waals surface area (Å²) in [5.41, 5.74) is 10.3. The van der Waals surface area contributed by atoms with E-state index in [2.05, 4.69) is 4.99 Å². The van der Waals surface area contributed by atoms with Crippen LogP contribution in [0.2, 0.25) is 0 Å². The van der Waals surface area contributed by atoms with E-state index in [1.54, 1.807) is 0 Å². The molecule has 4 heteroatoms. The van der Waals surface area contributed by atoms with Crippen LogP contribution in [0.5, 0.6) is 0 Å². The maximum atomic E-state index is 10.6. The molecular formula is C7H15N3O. The van der Waals surface area contributed by atoms with Gasteiger partial charge >= 0.3 is 0 Å². The van der Waals surface area contributed by atoms with Crippen molar-refractivity contribution in [2.75, 3.05) is 0 Å². The summed E-state index contributed by atoms with van der Waals surface area (Å²) < 4.78 is 0. The SMILES string of the molecule is CC(C)N=C(/C=C\N)C(N)=O.[HH]. The molecule has 64 valence electrons. The van der Waals surface area contributed by atoms with Crippen LogP contribution >= 0.6 is 0 Å². The van der Waals surface area contributed by atoms with Crippen LogP contribution in [0.15, 0.2) is 17.3 Å². The van der Waals surface area contributed by atoms with E-state index in [1.807, 2.05) is 13.8 Å². The first kappa shape index (κ1) is 9.68. The molecule has 0 aliphatic rings. The number of aliphatic imine (C=N–C) groups is 1. The highest BCUT2D eigenvalue weighted by Crippen LogP contribution is 1.89. The predicted octanol–water partition coefficient (Wildman–Crippen LogP) is 0.0395. The van der Waals surface area contributed by atoms with E-state index in [1.165, 1.54) is 12.3 Å². The molecule has 0 aromatic rings. The van der Waals surface area contributed by atoms with Gasteiger partial charge in [0.1, 0.15) is 5.71 Å². The number of hydrogen-bond acceptors (Lipinski definition) is 3. The number of primary amides is 1. The second-order valence-electron chi connectivity index (χ2n) is 2.33. The number of nitrogens with two attached hydrogens (primary N) is 2. The van der Waals surface area contributed by atoms with Crippen molar-refractivity contribution in [2.45, 2.75) is 19.9 Å². The zero-order valence-electron chi connectivity index (χ0n) is 6.74. The number of nitrogens with zero attached hydrogens (tertiary/aromatic N) is 1. The van der Waals surface area contributed by atoms with Gasteiger partial charge in [0.25, 0.3) is 5.91 Å². The maximum absolute atomic E-state index is 10.6. The van der Waals surface area contributed by atoms with Crippen LogP contribution in [0.3, 0.4) is 0 Å². The Morgan fingerprint density at radius 1 is 1.64 bits per heavy atom. The third-order valence-corrected chi connectivity index (χ3v) is 0.904. The zero-order chi connectivity index (χ0) is 8.85. The third kappa shape index (κ3) is 4.13. The van der Waals surface area contributed by atoms with Crippen LogP contribution in [0.1, 0.15) is 15.3 Å². The molecule has 4 nitrogen and oxygen atoms in total. The lowest BCUT2D eigenvalue weighted by molar-refractivity contribution is -0.111. The van der Waals surface area contributed by atoms with Crippen molar-refractivity contribution in [1.82, 2.24) is 0 Å². The highest BCUT2D eigenvalue weighted by atomic mass is 16.1. The molecule has 0 aromatic carbocycles. The summed E-state index contributed by atoms with van der Waals surface area (Å²) in [5.74, 6) is -0.555. The van der Waals surface area contributed by atoms with Crippen molar-refractivity contribution in [1.29, 1.82) is 0 Å². The zero-order valence-corrected chi connectivity index (χ0v) is 6.74. The van der Waals surface area contributed by atoms with E-state index in [0.717, 1.165) is 0 Å². The van der Waals surface area contributed by atoms with Gasteiger partial charge in [-0.2, -0.15) is 0 Å². The van der Waals surface area contributed by atoms with Gasteiger partial charge in [-0.15, -0.1) is 0 Å². The first-order valence-corrected chi connectivity index (χ1v) is 3.33. The molecular weight excluding hydrogens is 142 g/mol. The fourth-order valence-electron chi connectivity index (χ4n) is 0.558.